The largest absolute Gasteiger partial charge is 0.303 e. The molecule has 102 valence electrons. The van der Waals surface area contributed by atoms with Gasteiger partial charge in [0.05, 0.1) is 12.6 Å². The molecule has 0 saturated carbocycles. The van der Waals surface area contributed by atoms with Crippen molar-refractivity contribution in [1.82, 2.24) is 14.7 Å². The Balaban J connectivity index is 1.64. The first-order valence-electron chi connectivity index (χ1n) is 7.31. The Kier molecular flexibility index (Phi) is 5.43. The van der Waals surface area contributed by atoms with E-state index < -0.39 is 0 Å². The average Bonchev–Trinajstić information content (AvgIpc) is 2.40. The standard InChI is InChI=1S/C14H26N4/c1-16-7-3-2-4-14(16)5-8-17-10-12-18(9-6-15)13-11-17/h14H,2-5,7-13H2,1H3. The van der Waals surface area contributed by atoms with Crippen LogP contribution in [-0.2, 0) is 0 Å². The Morgan fingerprint density at radius 3 is 2.44 bits per heavy atom. The highest BCUT2D eigenvalue weighted by Gasteiger charge is 2.21. The van der Waals surface area contributed by atoms with E-state index in [0.717, 1.165) is 32.2 Å². The summed E-state index contributed by atoms with van der Waals surface area (Å²) in [6.07, 6.45) is 5.48. The van der Waals surface area contributed by atoms with Gasteiger partial charge in [-0.05, 0) is 39.4 Å². The van der Waals surface area contributed by atoms with Crippen molar-refractivity contribution in [2.75, 3.05) is 52.9 Å². The van der Waals surface area contributed by atoms with Crippen molar-refractivity contribution in [2.45, 2.75) is 31.7 Å². The number of nitrogens with zero attached hydrogens (tertiary/aromatic N) is 4. The Morgan fingerprint density at radius 1 is 1.06 bits per heavy atom. The molecule has 0 aromatic carbocycles. The minimum Gasteiger partial charge on any atom is -0.303 e. The van der Waals surface area contributed by atoms with E-state index in [2.05, 4.69) is 27.8 Å². The molecule has 2 rings (SSSR count). The van der Waals surface area contributed by atoms with Crippen LogP contribution >= 0.6 is 0 Å². The Morgan fingerprint density at radius 2 is 1.78 bits per heavy atom. The highest BCUT2D eigenvalue weighted by molar-refractivity contribution is 4.82. The van der Waals surface area contributed by atoms with Crippen molar-refractivity contribution in [3.05, 3.63) is 0 Å². The van der Waals surface area contributed by atoms with Crippen molar-refractivity contribution in [1.29, 1.82) is 5.26 Å². The van der Waals surface area contributed by atoms with Gasteiger partial charge in [-0.2, -0.15) is 5.26 Å². The number of rotatable bonds is 4. The van der Waals surface area contributed by atoms with E-state index in [4.69, 9.17) is 5.26 Å². The Bertz CT molecular complexity index is 278. The monoisotopic (exact) mass is 250 g/mol. The molecular formula is C14H26N4. The molecule has 2 saturated heterocycles. The number of piperazine rings is 1. The molecular weight excluding hydrogens is 224 g/mol. The SMILES string of the molecule is CN1CCCCC1CCN1CCN(CC#N)CC1. The van der Waals surface area contributed by atoms with E-state index >= 15 is 0 Å². The van der Waals surface area contributed by atoms with Gasteiger partial charge in [0.2, 0.25) is 0 Å². The van der Waals surface area contributed by atoms with Crippen LogP contribution in [0.5, 0.6) is 0 Å². The normalized spacial score (nSPS) is 28.1. The van der Waals surface area contributed by atoms with Gasteiger partial charge in [0.15, 0.2) is 0 Å². The van der Waals surface area contributed by atoms with Crippen LogP contribution in [-0.4, -0.2) is 73.6 Å². The van der Waals surface area contributed by atoms with E-state index in [9.17, 15) is 0 Å². The summed E-state index contributed by atoms with van der Waals surface area (Å²) in [5, 5.41) is 8.68. The van der Waals surface area contributed by atoms with Crippen molar-refractivity contribution < 1.29 is 0 Å². The highest BCUT2D eigenvalue weighted by Crippen LogP contribution is 2.18. The molecule has 0 N–H and O–H groups in total. The van der Waals surface area contributed by atoms with Crippen LogP contribution in [0.4, 0.5) is 0 Å². The first kappa shape index (κ1) is 13.8. The van der Waals surface area contributed by atoms with Crippen molar-refractivity contribution >= 4 is 0 Å². The molecule has 2 fully saturated rings. The quantitative estimate of drug-likeness (QED) is 0.697. The fraction of sp³-hybridized carbons (Fsp3) is 0.929. The van der Waals surface area contributed by atoms with E-state index in [1.54, 1.807) is 0 Å². The van der Waals surface area contributed by atoms with Crippen molar-refractivity contribution in [3.63, 3.8) is 0 Å². The molecule has 0 amide bonds. The van der Waals surface area contributed by atoms with E-state index in [-0.39, 0.29) is 0 Å². The summed E-state index contributed by atoms with van der Waals surface area (Å²) in [7, 11) is 2.27. The van der Waals surface area contributed by atoms with Gasteiger partial charge in [-0.3, -0.25) is 4.90 Å². The Hall–Kier alpha value is -0.630. The fourth-order valence-electron chi connectivity index (χ4n) is 3.11. The molecule has 2 aliphatic heterocycles. The summed E-state index contributed by atoms with van der Waals surface area (Å²) in [6.45, 7) is 7.51. The van der Waals surface area contributed by atoms with Gasteiger partial charge in [-0.15, -0.1) is 0 Å². The van der Waals surface area contributed by atoms with Gasteiger partial charge in [-0.1, -0.05) is 6.42 Å². The molecule has 2 aliphatic rings. The lowest BCUT2D eigenvalue weighted by Gasteiger charge is -2.37. The van der Waals surface area contributed by atoms with Crippen LogP contribution < -0.4 is 0 Å². The van der Waals surface area contributed by atoms with E-state index in [1.807, 2.05) is 0 Å². The lowest BCUT2D eigenvalue weighted by Crippen LogP contribution is -2.47. The second-order valence-corrected chi connectivity index (χ2v) is 5.69. The van der Waals surface area contributed by atoms with Crippen molar-refractivity contribution in [2.24, 2.45) is 0 Å². The van der Waals surface area contributed by atoms with Gasteiger partial charge in [0, 0.05) is 32.2 Å². The maximum atomic E-state index is 8.68. The molecule has 0 radical (unpaired) electrons. The fourth-order valence-corrected chi connectivity index (χ4v) is 3.11. The number of likely N-dealkylation sites (tertiary alicyclic amines) is 1. The maximum Gasteiger partial charge on any atom is 0.0866 e. The third-order valence-corrected chi connectivity index (χ3v) is 4.46. The summed E-state index contributed by atoms with van der Waals surface area (Å²) in [6, 6.07) is 3.04. The summed E-state index contributed by atoms with van der Waals surface area (Å²) >= 11 is 0. The second kappa shape index (κ2) is 7.08. The highest BCUT2D eigenvalue weighted by atomic mass is 15.3. The minimum absolute atomic E-state index is 0.596. The molecule has 1 unspecified atom stereocenters. The third-order valence-electron chi connectivity index (χ3n) is 4.46. The third kappa shape index (κ3) is 3.94. The summed E-state index contributed by atoms with van der Waals surface area (Å²) in [4.78, 5) is 7.36. The van der Waals surface area contributed by atoms with E-state index in [0.29, 0.717) is 6.54 Å². The summed E-state index contributed by atoms with van der Waals surface area (Å²) in [5.74, 6) is 0. The van der Waals surface area contributed by atoms with E-state index in [1.165, 1.54) is 38.8 Å². The first-order chi connectivity index (χ1) is 8.79. The molecule has 0 spiro atoms. The van der Waals surface area contributed by atoms with Gasteiger partial charge < -0.3 is 9.80 Å². The molecule has 0 aliphatic carbocycles. The lowest BCUT2D eigenvalue weighted by atomic mass is 10.00. The summed E-state index contributed by atoms with van der Waals surface area (Å²) < 4.78 is 0. The number of nitriles is 1. The van der Waals surface area contributed by atoms with Crippen LogP contribution in [0.25, 0.3) is 0 Å². The molecule has 0 bridgehead atoms. The topological polar surface area (TPSA) is 33.5 Å². The zero-order chi connectivity index (χ0) is 12.8. The van der Waals surface area contributed by atoms with Crippen LogP contribution in [0.3, 0.4) is 0 Å². The van der Waals surface area contributed by atoms with Gasteiger partial charge in [-0.25, -0.2) is 0 Å². The molecule has 4 heteroatoms. The summed E-state index contributed by atoms with van der Waals surface area (Å²) in [5.41, 5.74) is 0. The van der Waals surface area contributed by atoms with Gasteiger partial charge in [0.25, 0.3) is 0 Å². The zero-order valence-corrected chi connectivity index (χ0v) is 11.6. The van der Waals surface area contributed by atoms with Crippen LogP contribution in [0.2, 0.25) is 0 Å². The second-order valence-electron chi connectivity index (χ2n) is 5.69. The molecule has 2 heterocycles. The molecule has 0 aromatic heterocycles. The van der Waals surface area contributed by atoms with Crippen LogP contribution in [0.15, 0.2) is 0 Å². The smallest absolute Gasteiger partial charge is 0.0866 e. The molecule has 1 atom stereocenters. The zero-order valence-electron chi connectivity index (χ0n) is 11.6. The molecule has 4 nitrogen and oxygen atoms in total. The first-order valence-corrected chi connectivity index (χ1v) is 7.31. The predicted octanol–water partition coefficient (Wildman–Crippen LogP) is 1.00. The Labute approximate surface area is 111 Å². The predicted molar refractivity (Wildman–Crippen MR) is 73.4 cm³/mol. The minimum atomic E-state index is 0.596. The number of piperidine rings is 1. The van der Waals surface area contributed by atoms with Gasteiger partial charge in [0.1, 0.15) is 0 Å². The maximum absolute atomic E-state index is 8.68. The average molecular weight is 250 g/mol. The van der Waals surface area contributed by atoms with Crippen LogP contribution in [0.1, 0.15) is 25.7 Å². The van der Waals surface area contributed by atoms with Crippen molar-refractivity contribution in [3.8, 4) is 6.07 Å². The number of hydrogen-bond acceptors (Lipinski definition) is 4. The lowest BCUT2D eigenvalue weighted by molar-refractivity contribution is 0.116. The number of hydrogen-bond donors (Lipinski definition) is 0. The molecule has 18 heavy (non-hydrogen) atoms. The molecule has 0 aromatic rings. The van der Waals surface area contributed by atoms with Crippen LogP contribution in [0, 0.1) is 11.3 Å². The van der Waals surface area contributed by atoms with Gasteiger partial charge >= 0.3 is 0 Å².